The van der Waals surface area contributed by atoms with E-state index in [0.717, 1.165) is 37.4 Å². The van der Waals surface area contributed by atoms with Crippen molar-refractivity contribution in [1.82, 2.24) is 9.97 Å². The van der Waals surface area contributed by atoms with E-state index in [0.29, 0.717) is 0 Å². The molecule has 1 aliphatic rings. The number of rotatable bonds is 4. The van der Waals surface area contributed by atoms with E-state index in [1.165, 1.54) is 24.1 Å². The zero-order valence-corrected chi connectivity index (χ0v) is 10.4. The second-order valence-electron chi connectivity index (χ2n) is 4.61. The van der Waals surface area contributed by atoms with Crippen LogP contribution in [0, 0.1) is 0 Å². The lowest BCUT2D eigenvalue weighted by Gasteiger charge is -2.17. The summed E-state index contributed by atoms with van der Waals surface area (Å²) in [5.41, 5.74) is 2.53. The molecule has 0 saturated carbocycles. The molecule has 3 rings (SSSR count). The number of nitrogens with one attached hydrogen (secondary N) is 1. The molecular weight excluding hydrogens is 226 g/mol. The Hall–Kier alpha value is -1.84. The fourth-order valence-electron chi connectivity index (χ4n) is 2.43. The third-order valence-corrected chi connectivity index (χ3v) is 3.37. The van der Waals surface area contributed by atoms with Crippen molar-refractivity contribution < 1.29 is 4.42 Å². The fraction of sp³-hybridized carbons (Fsp3) is 0.429. The third kappa shape index (κ3) is 2.37. The molecule has 94 valence electrons. The second-order valence-corrected chi connectivity index (χ2v) is 4.61. The van der Waals surface area contributed by atoms with E-state index >= 15 is 0 Å². The van der Waals surface area contributed by atoms with Gasteiger partial charge in [0.2, 0.25) is 0 Å². The number of fused-ring (bicyclic) bond motifs is 1. The van der Waals surface area contributed by atoms with Gasteiger partial charge < -0.3 is 9.73 Å². The van der Waals surface area contributed by atoms with Gasteiger partial charge >= 0.3 is 0 Å². The molecule has 0 saturated heterocycles. The summed E-state index contributed by atoms with van der Waals surface area (Å²) in [5.74, 6) is 2.01. The van der Waals surface area contributed by atoms with Gasteiger partial charge in [-0.15, -0.1) is 0 Å². The van der Waals surface area contributed by atoms with E-state index < -0.39 is 0 Å². The molecule has 1 aliphatic carbocycles. The van der Waals surface area contributed by atoms with E-state index in [-0.39, 0.29) is 0 Å². The molecule has 0 bridgehead atoms. The highest BCUT2D eigenvalue weighted by atomic mass is 16.3. The molecule has 4 heteroatoms. The average molecular weight is 243 g/mol. The Balaban J connectivity index is 1.65. The minimum absolute atomic E-state index is 0.844. The number of nitrogens with zero attached hydrogens (tertiary/aromatic N) is 2. The fourth-order valence-corrected chi connectivity index (χ4v) is 2.43. The Morgan fingerprint density at radius 3 is 3.06 bits per heavy atom. The molecule has 0 unspecified atom stereocenters. The van der Waals surface area contributed by atoms with Gasteiger partial charge in [0, 0.05) is 24.2 Å². The first-order valence-electron chi connectivity index (χ1n) is 6.52. The average Bonchev–Trinajstić information content (AvgIpc) is 2.92. The van der Waals surface area contributed by atoms with E-state index in [9.17, 15) is 0 Å². The van der Waals surface area contributed by atoms with Gasteiger partial charge in [0.05, 0.1) is 6.26 Å². The summed E-state index contributed by atoms with van der Waals surface area (Å²) in [6.07, 6.45) is 8.93. The molecule has 0 radical (unpaired) electrons. The van der Waals surface area contributed by atoms with Gasteiger partial charge in [-0.25, -0.2) is 9.97 Å². The Labute approximate surface area is 106 Å². The topological polar surface area (TPSA) is 51.0 Å². The van der Waals surface area contributed by atoms with Crippen LogP contribution in [-0.2, 0) is 19.3 Å². The Morgan fingerprint density at radius 2 is 2.17 bits per heavy atom. The summed E-state index contributed by atoms with van der Waals surface area (Å²) >= 11 is 0. The van der Waals surface area contributed by atoms with Gasteiger partial charge in [-0.1, -0.05) is 0 Å². The molecule has 0 aromatic carbocycles. The summed E-state index contributed by atoms with van der Waals surface area (Å²) in [4.78, 5) is 8.73. The van der Waals surface area contributed by atoms with E-state index in [4.69, 9.17) is 4.42 Å². The van der Waals surface area contributed by atoms with Crippen LogP contribution < -0.4 is 5.32 Å². The van der Waals surface area contributed by atoms with Gasteiger partial charge in [0.25, 0.3) is 0 Å². The molecule has 0 aliphatic heterocycles. The van der Waals surface area contributed by atoms with Crippen LogP contribution in [0.2, 0.25) is 0 Å². The maximum absolute atomic E-state index is 5.31. The minimum atomic E-state index is 0.844. The van der Waals surface area contributed by atoms with Gasteiger partial charge in [-0.05, 0) is 37.8 Å². The van der Waals surface area contributed by atoms with Crippen LogP contribution in [0.3, 0.4) is 0 Å². The van der Waals surface area contributed by atoms with E-state index in [1.54, 1.807) is 12.6 Å². The van der Waals surface area contributed by atoms with Gasteiger partial charge in [0.15, 0.2) is 0 Å². The minimum Gasteiger partial charge on any atom is -0.469 e. The number of aromatic nitrogens is 2. The molecule has 18 heavy (non-hydrogen) atoms. The van der Waals surface area contributed by atoms with Crippen molar-refractivity contribution in [3.63, 3.8) is 0 Å². The molecule has 2 aromatic rings. The summed E-state index contributed by atoms with van der Waals surface area (Å²) < 4.78 is 5.31. The first kappa shape index (κ1) is 11.3. The number of furan rings is 1. The maximum Gasteiger partial charge on any atom is 0.132 e. The van der Waals surface area contributed by atoms with Crippen molar-refractivity contribution in [1.29, 1.82) is 0 Å². The van der Waals surface area contributed by atoms with Crippen molar-refractivity contribution in [2.24, 2.45) is 0 Å². The monoisotopic (exact) mass is 243 g/mol. The summed E-state index contributed by atoms with van der Waals surface area (Å²) in [6, 6.07) is 3.92. The zero-order valence-electron chi connectivity index (χ0n) is 10.4. The van der Waals surface area contributed by atoms with Gasteiger partial charge in [-0.3, -0.25) is 0 Å². The Kier molecular flexibility index (Phi) is 3.26. The smallest absolute Gasteiger partial charge is 0.132 e. The summed E-state index contributed by atoms with van der Waals surface area (Å²) in [7, 11) is 0. The van der Waals surface area contributed by atoms with Crippen LogP contribution in [0.25, 0.3) is 0 Å². The molecule has 4 nitrogen and oxygen atoms in total. The first-order chi connectivity index (χ1) is 8.93. The van der Waals surface area contributed by atoms with Crippen LogP contribution in [0.5, 0.6) is 0 Å². The Bertz CT molecular complexity index is 508. The van der Waals surface area contributed by atoms with Gasteiger partial charge in [0.1, 0.15) is 17.9 Å². The van der Waals surface area contributed by atoms with Crippen molar-refractivity contribution in [3.8, 4) is 0 Å². The van der Waals surface area contributed by atoms with Gasteiger partial charge in [-0.2, -0.15) is 0 Å². The third-order valence-electron chi connectivity index (χ3n) is 3.37. The van der Waals surface area contributed by atoms with Crippen LogP contribution in [0.15, 0.2) is 29.1 Å². The SMILES string of the molecule is c1coc(CCNc2ncnc3c2CCCC3)c1. The predicted octanol–water partition coefficient (Wildman–Crippen LogP) is 2.60. The molecule has 1 N–H and O–H groups in total. The number of aryl methyl sites for hydroxylation is 1. The Morgan fingerprint density at radius 1 is 1.22 bits per heavy atom. The van der Waals surface area contributed by atoms with Crippen molar-refractivity contribution in [2.45, 2.75) is 32.1 Å². The first-order valence-corrected chi connectivity index (χ1v) is 6.52. The quantitative estimate of drug-likeness (QED) is 0.896. The maximum atomic E-state index is 5.31. The molecule has 2 aromatic heterocycles. The highest BCUT2D eigenvalue weighted by molar-refractivity contribution is 5.46. The van der Waals surface area contributed by atoms with Crippen molar-refractivity contribution >= 4 is 5.82 Å². The van der Waals surface area contributed by atoms with Crippen LogP contribution in [0.1, 0.15) is 29.9 Å². The van der Waals surface area contributed by atoms with Crippen LogP contribution >= 0.6 is 0 Å². The lowest BCUT2D eigenvalue weighted by Crippen LogP contribution is -2.13. The number of hydrogen-bond acceptors (Lipinski definition) is 4. The molecule has 0 fully saturated rings. The molecule has 2 heterocycles. The molecule has 0 atom stereocenters. The molecule has 0 amide bonds. The largest absolute Gasteiger partial charge is 0.469 e. The second kappa shape index (κ2) is 5.21. The highest BCUT2D eigenvalue weighted by Crippen LogP contribution is 2.24. The highest BCUT2D eigenvalue weighted by Gasteiger charge is 2.14. The van der Waals surface area contributed by atoms with Crippen molar-refractivity contribution in [3.05, 3.63) is 41.7 Å². The lowest BCUT2D eigenvalue weighted by atomic mass is 9.96. The number of hydrogen-bond donors (Lipinski definition) is 1. The lowest BCUT2D eigenvalue weighted by molar-refractivity contribution is 0.512. The van der Waals surface area contributed by atoms with Crippen LogP contribution in [-0.4, -0.2) is 16.5 Å². The standard InChI is InChI=1S/C14H17N3O/c1-2-6-13-12(5-1)14(17-10-16-13)15-8-7-11-4-3-9-18-11/h3-4,9-10H,1-2,5-8H2,(H,15,16,17). The van der Waals surface area contributed by atoms with E-state index in [2.05, 4.69) is 15.3 Å². The normalized spacial score (nSPS) is 14.2. The number of anilines is 1. The molecule has 0 spiro atoms. The van der Waals surface area contributed by atoms with E-state index in [1.807, 2.05) is 12.1 Å². The van der Waals surface area contributed by atoms with Crippen LogP contribution in [0.4, 0.5) is 5.82 Å². The van der Waals surface area contributed by atoms with Crippen molar-refractivity contribution in [2.75, 3.05) is 11.9 Å². The summed E-state index contributed by atoms with van der Waals surface area (Å²) in [6.45, 7) is 0.844. The predicted molar refractivity (Wildman–Crippen MR) is 69.6 cm³/mol. The zero-order chi connectivity index (χ0) is 12.2. The molecular formula is C14H17N3O. The summed E-state index contributed by atoms with van der Waals surface area (Å²) in [5, 5.41) is 3.40.